The van der Waals surface area contributed by atoms with Crippen LogP contribution in [0.25, 0.3) is 11.0 Å². The molecule has 13 heavy (non-hydrogen) atoms. The first kappa shape index (κ1) is 9.02. The van der Waals surface area contributed by atoms with Gasteiger partial charge in [-0.3, -0.25) is 0 Å². The molecule has 0 saturated carbocycles. The highest BCUT2D eigenvalue weighted by molar-refractivity contribution is 14.1. The summed E-state index contributed by atoms with van der Waals surface area (Å²) in [4.78, 5) is 0. The van der Waals surface area contributed by atoms with Crippen molar-refractivity contribution in [1.82, 2.24) is 0 Å². The Morgan fingerprint density at radius 2 is 2.23 bits per heavy atom. The zero-order chi connectivity index (χ0) is 9.42. The highest BCUT2D eigenvalue weighted by Crippen LogP contribution is 2.26. The molecular weight excluding hydrogens is 277 g/mol. The van der Waals surface area contributed by atoms with Crippen LogP contribution in [-0.4, -0.2) is 0 Å². The van der Waals surface area contributed by atoms with Gasteiger partial charge in [-0.2, -0.15) is 0 Å². The van der Waals surface area contributed by atoms with E-state index in [9.17, 15) is 0 Å². The molecule has 2 nitrogen and oxygen atoms in total. The normalized spacial score (nSPS) is 11.0. The second-order valence-corrected chi connectivity index (χ2v) is 4.24. The van der Waals surface area contributed by atoms with E-state index in [1.807, 2.05) is 19.1 Å². The fraction of sp³-hybridized carbons (Fsp3) is 0.200. The van der Waals surface area contributed by atoms with Crippen LogP contribution in [0.5, 0.6) is 0 Å². The Morgan fingerprint density at radius 3 is 2.92 bits per heavy atom. The molecule has 0 amide bonds. The molecule has 0 radical (unpaired) electrons. The lowest BCUT2D eigenvalue weighted by molar-refractivity contribution is 0.548. The summed E-state index contributed by atoms with van der Waals surface area (Å²) in [5.74, 6) is 0.886. The van der Waals surface area contributed by atoms with Gasteiger partial charge in [0.2, 0.25) is 0 Å². The molecular formula is C10H10INO. The van der Waals surface area contributed by atoms with Gasteiger partial charge in [-0.15, -0.1) is 0 Å². The van der Waals surface area contributed by atoms with Gasteiger partial charge in [0.15, 0.2) is 0 Å². The molecule has 0 spiro atoms. The van der Waals surface area contributed by atoms with Crippen molar-refractivity contribution in [2.75, 3.05) is 0 Å². The summed E-state index contributed by atoms with van der Waals surface area (Å²) in [6, 6.07) is 6.14. The number of rotatable bonds is 1. The Labute approximate surface area is 90.2 Å². The molecule has 1 heterocycles. The number of aryl methyl sites for hydroxylation is 1. The lowest BCUT2D eigenvalue weighted by Crippen LogP contribution is -1.95. The lowest BCUT2D eigenvalue weighted by atomic mass is 10.1. The Balaban J connectivity index is 2.77. The molecule has 2 aromatic rings. The Morgan fingerprint density at radius 1 is 1.46 bits per heavy atom. The third-order valence-corrected chi connectivity index (χ3v) is 2.85. The fourth-order valence-electron chi connectivity index (χ4n) is 1.44. The van der Waals surface area contributed by atoms with Gasteiger partial charge in [0.05, 0.1) is 6.54 Å². The van der Waals surface area contributed by atoms with Crippen molar-refractivity contribution in [3.63, 3.8) is 0 Å². The molecule has 0 bridgehead atoms. The van der Waals surface area contributed by atoms with Gasteiger partial charge in [0, 0.05) is 8.96 Å². The van der Waals surface area contributed by atoms with E-state index >= 15 is 0 Å². The SMILES string of the molecule is Cc1c(CN)oc2ccc(I)cc12. The van der Waals surface area contributed by atoms with E-state index in [1.54, 1.807) is 0 Å². The summed E-state index contributed by atoms with van der Waals surface area (Å²) in [6.07, 6.45) is 0. The quantitative estimate of drug-likeness (QED) is 0.819. The van der Waals surface area contributed by atoms with E-state index in [1.165, 1.54) is 8.96 Å². The third-order valence-electron chi connectivity index (χ3n) is 2.18. The highest BCUT2D eigenvalue weighted by Gasteiger charge is 2.08. The van der Waals surface area contributed by atoms with E-state index in [0.29, 0.717) is 6.54 Å². The highest BCUT2D eigenvalue weighted by atomic mass is 127. The molecule has 0 saturated heterocycles. The van der Waals surface area contributed by atoms with Gasteiger partial charge in [0.25, 0.3) is 0 Å². The van der Waals surface area contributed by atoms with Crippen LogP contribution in [0.3, 0.4) is 0 Å². The average molecular weight is 287 g/mol. The number of hydrogen-bond acceptors (Lipinski definition) is 2. The molecule has 1 aromatic heterocycles. The molecule has 0 aliphatic rings. The van der Waals surface area contributed by atoms with E-state index < -0.39 is 0 Å². The molecule has 3 heteroatoms. The molecule has 1 aromatic carbocycles. The summed E-state index contributed by atoms with van der Waals surface area (Å²) in [6.45, 7) is 2.52. The smallest absolute Gasteiger partial charge is 0.134 e. The van der Waals surface area contributed by atoms with Gasteiger partial charge in [-0.05, 0) is 53.3 Å². The Kier molecular flexibility index (Phi) is 2.29. The number of benzene rings is 1. The Bertz CT molecular complexity index is 447. The van der Waals surface area contributed by atoms with Crippen LogP contribution < -0.4 is 5.73 Å². The van der Waals surface area contributed by atoms with Gasteiger partial charge < -0.3 is 10.2 Å². The summed E-state index contributed by atoms with van der Waals surface area (Å²) in [5.41, 5.74) is 7.65. The maximum atomic E-state index is 5.57. The van der Waals surface area contributed by atoms with Gasteiger partial charge in [-0.1, -0.05) is 0 Å². The number of halogens is 1. The number of nitrogens with two attached hydrogens (primary N) is 1. The molecule has 0 aliphatic heterocycles. The maximum absolute atomic E-state index is 5.57. The van der Waals surface area contributed by atoms with Crippen molar-refractivity contribution >= 4 is 33.6 Å². The minimum atomic E-state index is 0.469. The summed E-state index contributed by atoms with van der Waals surface area (Å²) in [5, 5.41) is 1.17. The molecule has 0 fully saturated rings. The van der Waals surface area contributed by atoms with Crippen molar-refractivity contribution < 1.29 is 4.42 Å². The van der Waals surface area contributed by atoms with Crippen molar-refractivity contribution in [1.29, 1.82) is 0 Å². The summed E-state index contributed by atoms with van der Waals surface area (Å²) < 4.78 is 6.79. The molecule has 0 aliphatic carbocycles. The monoisotopic (exact) mass is 287 g/mol. The van der Waals surface area contributed by atoms with Gasteiger partial charge in [-0.25, -0.2) is 0 Å². The first-order valence-electron chi connectivity index (χ1n) is 4.10. The minimum Gasteiger partial charge on any atom is -0.459 e. The second-order valence-electron chi connectivity index (χ2n) is 2.99. The number of hydrogen-bond donors (Lipinski definition) is 1. The van der Waals surface area contributed by atoms with E-state index in [0.717, 1.165) is 16.9 Å². The summed E-state index contributed by atoms with van der Waals surface area (Å²) in [7, 11) is 0. The minimum absolute atomic E-state index is 0.469. The van der Waals surface area contributed by atoms with Crippen molar-refractivity contribution in [2.24, 2.45) is 5.73 Å². The predicted octanol–water partition coefficient (Wildman–Crippen LogP) is 2.80. The van der Waals surface area contributed by atoms with Crippen LogP contribution in [0.1, 0.15) is 11.3 Å². The average Bonchev–Trinajstić information content (AvgIpc) is 2.44. The predicted molar refractivity (Wildman–Crippen MR) is 61.6 cm³/mol. The first-order valence-corrected chi connectivity index (χ1v) is 5.18. The van der Waals surface area contributed by atoms with Crippen LogP contribution in [0.4, 0.5) is 0 Å². The van der Waals surface area contributed by atoms with Crippen LogP contribution in [-0.2, 0) is 6.54 Å². The zero-order valence-electron chi connectivity index (χ0n) is 7.30. The summed E-state index contributed by atoms with van der Waals surface area (Å²) >= 11 is 2.29. The second kappa shape index (κ2) is 3.31. The molecule has 68 valence electrons. The van der Waals surface area contributed by atoms with E-state index in [2.05, 4.69) is 28.7 Å². The standard InChI is InChI=1S/C10H10INO/c1-6-8-4-7(11)2-3-9(8)13-10(6)5-12/h2-4H,5,12H2,1H3. The van der Waals surface area contributed by atoms with Crippen LogP contribution in [0.15, 0.2) is 22.6 Å². The van der Waals surface area contributed by atoms with Crippen molar-refractivity contribution in [3.8, 4) is 0 Å². The number of furan rings is 1. The molecule has 2 N–H and O–H groups in total. The van der Waals surface area contributed by atoms with Crippen molar-refractivity contribution in [2.45, 2.75) is 13.5 Å². The first-order chi connectivity index (χ1) is 6.22. The van der Waals surface area contributed by atoms with Gasteiger partial charge >= 0.3 is 0 Å². The zero-order valence-corrected chi connectivity index (χ0v) is 9.46. The fourth-order valence-corrected chi connectivity index (χ4v) is 1.93. The van der Waals surface area contributed by atoms with E-state index in [-0.39, 0.29) is 0 Å². The largest absolute Gasteiger partial charge is 0.459 e. The Hall–Kier alpha value is -0.550. The number of fused-ring (bicyclic) bond motifs is 1. The van der Waals surface area contributed by atoms with Gasteiger partial charge in [0.1, 0.15) is 11.3 Å². The van der Waals surface area contributed by atoms with Crippen molar-refractivity contribution in [3.05, 3.63) is 33.1 Å². The maximum Gasteiger partial charge on any atom is 0.134 e. The topological polar surface area (TPSA) is 39.2 Å². The molecule has 0 unspecified atom stereocenters. The van der Waals surface area contributed by atoms with Crippen LogP contribution in [0, 0.1) is 10.5 Å². The molecule has 0 atom stereocenters. The molecule has 2 rings (SSSR count). The third kappa shape index (κ3) is 1.46. The van der Waals surface area contributed by atoms with E-state index in [4.69, 9.17) is 10.2 Å². The van der Waals surface area contributed by atoms with Crippen LogP contribution in [0.2, 0.25) is 0 Å². The van der Waals surface area contributed by atoms with Crippen LogP contribution >= 0.6 is 22.6 Å². The lowest BCUT2D eigenvalue weighted by Gasteiger charge is -1.90.